The summed E-state index contributed by atoms with van der Waals surface area (Å²) in [5, 5.41) is 3.01. The molecule has 0 radical (unpaired) electrons. The minimum atomic E-state index is -0.229. The lowest BCUT2D eigenvalue weighted by Crippen LogP contribution is -2.65. The molecule has 3 aliphatic rings. The molecule has 106 valence electrons. The van der Waals surface area contributed by atoms with E-state index in [1.807, 2.05) is 11.8 Å². The van der Waals surface area contributed by atoms with E-state index in [0.717, 1.165) is 25.7 Å². The first-order valence-corrected chi connectivity index (χ1v) is 7.83. The average molecular weight is 264 g/mol. The van der Waals surface area contributed by atoms with Gasteiger partial charge in [-0.05, 0) is 44.4 Å². The minimum absolute atomic E-state index is 0.102. The van der Waals surface area contributed by atoms with Crippen LogP contribution < -0.4 is 5.32 Å². The molecule has 0 bridgehead atoms. The number of carbonyl (C=O) groups excluding carboxylic acids is 2. The van der Waals surface area contributed by atoms with E-state index < -0.39 is 0 Å². The van der Waals surface area contributed by atoms with Crippen LogP contribution in [-0.2, 0) is 9.59 Å². The van der Waals surface area contributed by atoms with Crippen LogP contribution in [0.5, 0.6) is 0 Å². The molecule has 3 rings (SSSR count). The van der Waals surface area contributed by atoms with Gasteiger partial charge in [-0.15, -0.1) is 0 Å². The van der Waals surface area contributed by atoms with E-state index in [9.17, 15) is 9.59 Å². The molecular weight excluding hydrogens is 240 g/mol. The molecule has 1 N–H and O–H groups in total. The van der Waals surface area contributed by atoms with Gasteiger partial charge in [0.2, 0.25) is 11.8 Å². The summed E-state index contributed by atoms with van der Waals surface area (Å²) in [5.74, 6) is 1.04. The lowest BCUT2D eigenvalue weighted by molar-refractivity contribution is -0.152. The van der Waals surface area contributed by atoms with Crippen molar-refractivity contribution in [1.82, 2.24) is 10.2 Å². The summed E-state index contributed by atoms with van der Waals surface area (Å²) in [6.45, 7) is 2.66. The monoisotopic (exact) mass is 264 g/mol. The number of nitrogens with zero attached hydrogens (tertiary/aromatic N) is 1. The zero-order valence-electron chi connectivity index (χ0n) is 11.7. The van der Waals surface area contributed by atoms with Crippen molar-refractivity contribution in [3.63, 3.8) is 0 Å². The molecular formula is C15H24N2O2. The molecule has 0 aromatic rings. The molecule has 2 saturated carbocycles. The molecule has 2 aliphatic carbocycles. The smallest absolute Gasteiger partial charge is 0.246 e. The zero-order chi connectivity index (χ0) is 13.4. The Balaban J connectivity index is 1.78. The largest absolute Gasteiger partial charge is 0.342 e. The highest BCUT2D eigenvalue weighted by Gasteiger charge is 2.48. The fourth-order valence-corrected chi connectivity index (χ4v) is 3.78. The fraction of sp³-hybridized carbons (Fsp3) is 0.867. The van der Waals surface area contributed by atoms with Gasteiger partial charge < -0.3 is 10.2 Å². The van der Waals surface area contributed by atoms with E-state index in [0.29, 0.717) is 18.4 Å². The van der Waals surface area contributed by atoms with Crippen LogP contribution in [0.4, 0.5) is 0 Å². The van der Waals surface area contributed by atoms with Crippen LogP contribution in [0.1, 0.15) is 51.9 Å². The van der Waals surface area contributed by atoms with Crippen molar-refractivity contribution in [3.05, 3.63) is 0 Å². The number of piperazine rings is 1. The van der Waals surface area contributed by atoms with Crippen molar-refractivity contribution in [2.75, 3.05) is 6.54 Å². The summed E-state index contributed by atoms with van der Waals surface area (Å²) in [5.41, 5.74) is 0. The van der Waals surface area contributed by atoms with Gasteiger partial charge in [0.15, 0.2) is 0 Å². The Hall–Kier alpha value is -1.06. The second-order valence-electron chi connectivity index (χ2n) is 6.29. The summed E-state index contributed by atoms with van der Waals surface area (Å²) < 4.78 is 0. The third kappa shape index (κ3) is 2.37. The molecule has 0 aromatic carbocycles. The maximum atomic E-state index is 12.5. The van der Waals surface area contributed by atoms with Gasteiger partial charge in [0.25, 0.3) is 0 Å². The second-order valence-corrected chi connectivity index (χ2v) is 6.29. The van der Waals surface area contributed by atoms with E-state index in [-0.39, 0.29) is 23.9 Å². The van der Waals surface area contributed by atoms with Crippen molar-refractivity contribution in [1.29, 1.82) is 0 Å². The third-order valence-corrected chi connectivity index (χ3v) is 4.98. The van der Waals surface area contributed by atoms with Gasteiger partial charge in [0, 0.05) is 6.54 Å². The first-order valence-electron chi connectivity index (χ1n) is 7.83. The number of amides is 2. The van der Waals surface area contributed by atoms with Gasteiger partial charge in [0.1, 0.15) is 12.1 Å². The molecule has 2 atom stereocenters. The van der Waals surface area contributed by atoms with Crippen molar-refractivity contribution >= 4 is 11.8 Å². The average Bonchev–Trinajstić information content (AvgIpc) is 3.26. The number of rotatable bonds is 3. The van der Waals surface area contributed by atoms with Crippen LogP contribution >= 0.6 is 0 Å². The predicted molar refractivity (Wildman–Crippen MR) is 72.4 cm³/mol. The zero-order valence-corrected chi connectivity index (χ0v) is 11.7. The van der Waals surface area contributed by atoms with Crippen LogP contribution in [0, 0.1) is 11.8 Å². The van der Waals surface area contributed by atoms with Gasteiger partial charge in [0.05, 0.1) is 0 Å². The topological polar surface area (TPSA) is 49.4 Å². The van der Waals surface area contributed by atoms with Gasteiger partial charge in [-0.25, -0.2) is 0 Å². The van der Waals surface area contributed by atoms with E-state index in [1.54, 1.807) is 0 Å². The molecule has 3 fully saturated rings. The highest BCUT2D eigenvalue weighted by atomic mass is 16.2. The standard InChI is InChI=1S/C15H24N2O2/c1-2-17-13(11-6-4-3-5-7-11)14(18)16-12(15(17)19)10-8-9-10/h10-13H,2-9H2,1H3,(H,16,18). The lowest BCUT2D eigenvalue weighted by Gasteiger charge is -2.43. The number of nitrogens with one attached hydrogen (secondary N) is 1. The van der Waals surface area contributed by atoms with Crippen molar-refractivity contribution < 1.29 is 9.59 Å². The molecule has 2 unspecified atom stereocenters. The van der Waals surface area contributed by atoms with Crippen LogP contribution in [0.3, 0.4) is 0 Å². The molecule has 0 spiro atoms. The number of hydrogen-bond acceptors (Lipinski definition) is 2. The van der Waals surface area contributed by atoms with E-state index >= 15 is 0 Å². The number of likely N-dealkylation sites (N-methyl/N-ethyl adjacent to an activating group) is 1. The number of carbonyl (C=O) groups is 2. The van der Waals surface area contributed by atoms with Crippen LogP contribution in [0.25, 0.3) is 0 Å². The Labute approximate surface area is 114 Å². The Bertz CT molecular complexity index is 372. The third-order valence-electron chi connectivity index (χ3n) is 4.98. The summed E-state index contributed by atoms with van der Waals surface area (Å²) in [7, 11) is 0. The van der Waals surface area contributed by atoms with E-state index in [2.05, 4.69) is 5.32 Å². The van der Waals surface area contributed by atoms with Gasteiger partial charge in [-0.2, -0.15) is 0 Å². The van der Waals surface area contributed by atoms with Gasteiger partial charge >= 0.3 is 0 Å². The molecule has 1 heterocycles. The van der Waals surface area contributed by atoms with Crippen LogP contribution in [0.2, 0.25) is 0 Å². The molecule has 2 amide bonds. The maximum absolute atomic E-state index is 12.5. The Morgan fingerprint density at radius 3 is 2.32 bits per heavy atom. The van der Waals surface area contributed by atoms with Crippen molar-refractivity contribution in [3.8, 4) is 0 Å². The fourth-order valence-electron chi connectivity index (χ4n) is 3.78. The second kappa shape index (κ2) is 5.14. The quantitative estimate of drug-likeness (QED) is 0.843. The molecule has 4 heteroatoms. The summed E-state index contributed by atoms with van der Waals surface area (Å²) in [6, 6.07) is -0.430. The minimum Gasteiger partial charge on any atom is -0.342 e. The molecule has 19 heavy (non-hydrogen) atoms. The first-order chi connectivity index (χ1) is 9.22. The summed E-state index contributed by atoms with van der Waals surface area (Å²) in [4.78, 5) is 26.9. The van der Waals surface area contributed by atoms with E-state index in [4.69, 9.17) is 0 Å². The number of hydrogen-bond donors (Lipinski definition) is 1. The molecule has 4 nitrogen and oxygen atoms in total. The Morgan fingerprint density at radius 2 is 1.74 bits per heavy atom. The Morgan fingerprint density at radius 1 is 1.05 bits per heavy atom. The molecule has 1 saturated heterocycles. The summed E-state index contributed by atoms with van der Waals surface area (Å²) >= 11 is 0. The molecule has 1 aliphatic heterocycles. The van der Waals surface area contributed by atoms with Gasteiger partial charge in [-0.3, -0.25) is 9.59 Å². The highest BCUT2D eigenvalue weighted by molar-refractivity contribution is 5.97. The maximum Gasteiger partial charge on any atom is 0.246 e. The SMILES string of the molecule is CCN1C(=O)C(C2CC2)NC(=O)C1C1CCCCC1. The van der Waals surface area contributed by atoms with Crippen molar-refractivity contribution in [2.45, 2.75) is 64.0 Å². The first kappa shape index (κ1) is 12.9. The summed E-state index contributed by atoms with van der Waals surface area (Å²) in [6.07, 6.45) is 8.03. The van der Waals surface area contributed by atoms with Gasteiger partial charge in [-0.1, -0.05) is 19.3 Å². The predicted octanol–water partition coefficient (Wildman–Crippen LogP) is 1.69. The normalized spacial score (nSPS) is 33.4. The van der Waals surface area contributed by atoms with Crippen molar-refractivity contribution in [2.24, 2.45) is 11.8 Å². The highest BCUT2D eigenvalue weighted by Crippen LogP contribution is 2.37. The molecule has 0 aromatic heterocycles. The van der Waals surface area contributed by atoms with Crippen LogP contribution in [-0.4, -0.2) is 35.3 Å². The van der Waals surface area contributed by atoms with Crippen LogP contribution in [0.15, 0.2) is 0 Å². The van der Waals surface area contributed by atoms with E-state index in [1.165, 1.54) is 19.3 Å². The Kier molecular flexibility index (Phi) is 3.50. The lowest BCUT2D eigenvalue weighted by atomic mass is 9.81.